The molecule has 1 fully saturated rings. The average molecular weight is 494 g/mol. The van der Waals surface area contributed by atoms with Crippen LogP contribution in [-0.2, 0) is 18.6 Å². The second-order valence-corrected chi connectivity index (χ2v) is 8.60. The second-order valence-electron chi connectivity index (χ2n) is 7.36. The van der Waals surface area contributed by atoms with Gasteiger partial charge in [-0.15, -0.1) is 0 Å². The molecule has 0 saturated carbocycles. The fraction of sp³-hybridized carbons (Fsp3) is 0.625. The van der Waals surface area contributed by atoms with Gasteiger partial charge in [0.25, 0.3) is 5.56 Å². The lowest BCUT2D eigenvalue weighted by Crippen LogP contribution is -2.36. The number of nitrogens with one attached hydrogen (secondary N) is 1. The van der Waals surface area contributed by atoms with Crippen LogP contribution >= 0.6 is 7.82 Å². The van der Waals surface area contributed by atoms with E-state index in [-0.39, 0.29) is 23.0 Å². The van der Waals surface area contributed by atoms with Gasteiger partial charge in [-0.05, 0) is 5.92 Å². The van der Waals surface area contributed by atoms with Crippen molar-refractivity contribution in [2.75, 3.05) is 12.3 Å². The molecule has 0 radical (unpaired) electrons. The zero-order valence-electron chi connectivity index (χ0n) is 17.7. The number of aliphatic hydroxyl groups is 2. The van der Waals surface area contributed by atoms with Crippen LogP contribution in [0.4, 0.5) is 5.95 Å². The van der Waals surface area contributed by atoms with Crippen LogP contribution in [0.5, 0.6) is 0 Å². The largest absolute Gasteiger partial charge is 0.480 e. The van der Waals surface area contributed by atoms with Crippen LogP contribution in [0.15, 0.2) is 11.1 Å². The van der Waals surface area contributed by atoms with E-state index in [0.717, 1.165) is 6.42 Å². The normalized spacial score (nSPS) is 24.8. The summed E-state index contributed by atoms with van der Waals surface area (Å²) in [5.74, 6) is -1.02. The van der Waals surface area contributed by atoms with E-state index in [9.17, 15) is 24.4 Å². The summed E-state index contributed by atoms with van der Waals surface area (Å²) >= 11 is 0. The molecule has 33 heavy (non-hydrogen) atoms. The van der Waals surface area contributed by atoms with E-state index in [1.54, 1.807) is 0 Å². The Labute approximate surface area is 186 Å². The van der Waals surface area contributed by atoms with Crippen molar-refractivity contribution in [3.8, 4) is 0 Å². The lowest BCUT2D eigenvalue weighted by Gasteiger charge is -2.16. The standard InChI is InChI=1S/C10H14N5O8P.C6H13NO2/c11-10-13-7-4(8(18)14-10)12-2-15(7)9-6(17)5(16)3(23-9)1-22-24(19,20)21;1-3-4(2)5(7)6(8)9/h2-3,5-6,9,16-17H,1H2,(H2,19,20,21)(H3,11,13,14,18);4-5H,3,7H2,1-2H3,(H,8,9)/t3-,5-,6-,9-;/m1./s1. The molecule has 6 atom stereocenters. The number of nitrogens with zero attached hydrogens (tertiary/aromatic N) is 3. The number of aliphatic hydroxyl groups excluding tert-OH is 2. The highest BCUT2D eigenvalue weighted by atomic mass is 31.2. The third-order valence-corrected chi connectivity index (χ3v) is 5.50. The third kappa shape index (κ3) is 6.55. The van der Waals surface area contributed by atoms with Crippen molar-refractivity contribution in [1.29, 1.82) is 0 Å². The van der Waals surface area contributed by atoms with Crippen molar-refractivity contribution in [2.24, 2.45) is 11.7 Å². The Morgan fingerprint density at radius 3 is 2.55 bits per heavy atom. The number of H-pyrrole nitrogens is 1. The number of aromatic amines is 1. The number of nitrogen functional groups attached to an aromatic ring is 1. The lowest BCUT2D eigenvalue weighted by atomic mass is 10.0. The van der Waals surface area contributed by atoms with Crippen LogP contribution in [0.3, 0.4) is 0 Å². The maximum absolute atomic E-state index is 11.7. The first-order valence-electron chi connectivity index (χ1n) is 9.69. The van der Waals surface area contributed by atoms with Gasteiger partial charge in [0.05, 0.1) is 12.9 Å². The van der Waals surface area contributed by atoms with Crippen molar-refractivity contribution in [3.63, 3.8) is 0 Å². The fourth-order valence-electron chi connectivity index (χ4n) is 2.89. The number of phosphoric acid groups is 1. The van der Waals surface area contributed by atoms with Gasteiger partial charge < -0.3 is 41.3 Å². The number of hydrogen-bond donors (Lipinski definition) is 8. The molecule has 186 valence electrons. The van der Waals surface area contributed by atoms with Crippen molar-refractivity contribution in [1.82, 2.24) is 19.5 Å². The Balaban J connectivity index is 0.000000365. The van der Waals surface area contributed by atoms with E-state index in [0.29, 0.717) is 0 Å². The number of carboxylic acids is 1. The van der Waals surface area contributed by atoms with Gasteiger partial charge >= 0.3 is 13.8 Å². The molecule has 2 aromatic heterocycles. The first-order valence-corrected chi connectivity index (χ1v) is 11.2. The zero-order chi connectivity index (χ0) is 25.1. The van der Waals surface area contributed by atoms with Gasteiger partial charge in [-0.3, -0.25) is 23.7 Å². The lowest BCUT2D eigenvalue weighted by molar-refractivity contribution is -0.139. The minimum absolute atomic E-state index is 0.0176. The first kappa shape index (κ1) is 26.8. The summed E-state index contributed by atoms with van der Waals surface area (Å²) in [7, 11) is -4.76. The quantitative estimate of drug-likeness (QED) is 0.191. The summed E-state index contributed by atoms with van der Waals surface area (Å²) in [5.41, 5.74) is 10.1. The molecule has 2 unspecified atom stereocenters. The number of carbonyl (C=O) groups is 1. The molecule has 0 amide bonds. The third-order valence-electron chi connectivity index (χ3n) is 5.01. The molecule has 0 aromatic carbocycles. The first-order chi connectivity index (χ1) is 15.3. The molecule has 1 aliphatic heterocycles. The van der Waals surface area contributed by atoms with Gasteiger partial charge in [0.1, 0.15) is 24.4 Å². The maximum Gasteiger partial charge on any atom is 0.469 e. The monoisotopic (exact) mass is 494 g/mol. The highest BCUT2D eigenvalue weighted by molar-refractivity contribution is 7.46. The van der Waals surface area contributed by atoms with Crippen molar-refractivity contribution in [2.45, 2.75) is 50.8 Å². The Kier molecular flexibility index (Phi) is 8.67. The number of hydrogen-bond acceptors (Lipinski definition) is 11. The molecule has 0 spiro atoms. The topological polar surface area (TPSA) is 269 Å². The summed E-state index contributed by atoms with van der Waals surface area (Å²) in [5, 5.41) is 28.4. The van der Waals surface area contributed by atoms with Gasteiger partial charge in [-0.2, -0.15) is 4.98 Å². The summed E-state index contributed by atoms with van der Waals surface area (Å²) in [6, 6.07) is -0.699. The molecule has 10 N–H and O–H groups in total. The molecule has 2 aromatic rings. The number of aromatic nitrogens is 4. The Hall–Kier alpha value is -2.43. The van der Waals surface area contributed by atoms with Crippen LogP contribution in [-0.4, -0.2) is 81.6 Å². The summed E-state index contributed by atoms with van der Waals surface area (Å²) in [6.07, 6.45) is -3.40. The van der Waals surface area contributed by atoms with E-state index in [1.165, 1.54) is 10.9 Å². The molecule has 3 heterocycles. The summed E-state index contributed by atoms with van der Waals surface area (Å²) in [6.45, 7) is 3.11. The predicted molar refractivity (Wildman–Crippen MR) is 112 cm³/mol. The number of phosphoric ester groups is 1. The number of ether oxygens (including phenoxy) is 1. The van der Waals surface area contributed by atoms with Gasteiger partial charge in [-0.25, -0.2) is 9.55 Å². The predicted octanol–water partition coefficient (Wildman–Crippen LogP) is -2.13. The Morgan fingerprint density at radius 1 is 1.39 bits per heavy atom. The number of fused-ring (bicyclic) bond motifs is 1. The smallest absolute Gasteiger partial charge is 0.469 e. The maximum atomic E-state index is 11.7. The van der Waals surface area contributed by atoms with E-state index in [1.807, 2.05) is 13.8 Å². The van der Waals surface area contributed by atoms with Crippen LogP contribution < -0.4 is 17.0 Å². The van der Waals surface area contributed by atoms with E-state index >= 15 is 0 Å². The number of aliphatic carboxylic acids is 1. The Bertz CT molecular complexity index is 1070. The second kappa shape index (κ2) is 10.7. The number of anilines is 1. The Morgan fingerprint density at radius 2 is 2.03 bits per heavy atom. The molecular formula is C16H27N6O10P. The molecule has 1 saturated heterocycles. The van der Waals surface area contributed by atoms with E-state index < -0.39 is 56.5 Å². The number of nitrogens with two attached hydrogens (primary N) is 2. The van der Waals surface area contributed by atoms with E-state index in [4.69, 9.17) is 31.1 Å². The van der Waals surface area contributed by atoms with Gasteiger partial charge in [0.15, 0.2) is 17.4 Å². The van der Waals surface area contributed by atoms with Crippen LogP contribution in [0.1, 0.15) is 26.5 Å². The molecular weight excluding hydrogens is 467 g/mol. The van der Waals surface area contributed by atoms with Gasteiger partial charge in [-0.1, -0.05) is 20.3 Å². The highest BCUT2D eigenvalue weighted by Crippen LogP contribution is 2.38. The van der Waals surface area contributed by atoms with Crippen molar-refractivity contribution in [3.05, 3.63) is 16.7 Å². The van der Waals surface area contributed by atoms with Crippen LogP contribution in [0, 0.1) is 5.92 Å². The summed E-state index contributed by atoms with van der Waals surface area (Å²) in [4.78, 5) is 49.3. The summed E-state index contributed by atoms with van der Waals surface area (Å²) < 4.78 is 21.6. The molecule has 17 heteroatoms. The minimum atomic E-state index is -4.76. The van der Waals surface area contributed by atoms with Crippen molar-refractivity contribution < 1.29 is 43.7 Å². The van der Waals surface area contributed by atoms with Crippen LogP contribution in [0.25, 0.3) is 11.2 Å². The molecule has 0 bridgehead atoms. The van der Waals surface area contributed by atoms with Gasteiger partial charge in [0.2, 0.25) is 5.95 Å². The number of carboxylic acid groups (broad SMARTS) is 1. The number of rotatable bonds is 7. The fourth-order valence-corrected chi connectivity index (χ4v) is 3.23. The molecule has 0 aliphatic carbocycles. The SMILES string of the molecule is CCC(C)C(N)C(=O)O.Nc1nc2c(ncn2[C@@H]2O[C@H](COP(=O)(O)O)[C@@H](O)[C@H]2O)c(=O)[nH]1. The number of imidazole rings is 1. The minimum Gasteiger partial charge on any atom is -0.480 e. The average Bonchev–Trinajstić information content (AvgIpc) is 3.26. The zero-order valence-corrected chi connectivity index (χ0v) is 18.6. The van der Waals surface area contributed by atoms with Gasteiger partial charge in [0, 0.05) is 0 Å². The molecule has 1 aliphatic rings. The van der Waals surface area contributed by atoms with E-state index in [2.05, 4.69) is 19.5 Å². The van der Waals surface area contributed by atoms with Crippen LogP contribution in [0.2, 0.25) is 0 Å². The molecule has 16 nitrogen and oxygen atoms in total. The van der Waals surface area contributed by atoms with Crippen molar-refractivity contribution >= 4 is 30.9 Å². The molecule has 3 rings (SSSR count). The highest BCUT2D eigenvalue weighted by Gasteiger charge is 2.45.